The first-order valence-electron chi connectivity index (χ1n) is 8.91. The number of nitrogens with one attached hydrogen (secondary N) is 1. The van der Waals surface area contributed by atoms with Gasteiger partial charge in [0, 0.05) is 31.4 Å². The van der Waals surface area contributed by atoms with Gasteiger partial charge in [-0.25, -0.2) is 9.37 Å². The molecule has 1 aliphatic heterocycles. The van der Waals surface area contributed by atoms with E-state index in [0.29, 0.717) is 24.7 Å². The summed E-state index contributed by atoms with van der Waals surface area (Å²) in [4.78, 5) is 21.8. The molecule has 1 unspecified atom stereocenters. The Morgan fingerprint density at radius 2 is 2.04 bits per heavy atom. The lowest BCUT2D eigenvalue weighted by atomic mass is 10.1. The number of nitrogens with zero attached hydrogens (tertiary/aromatic N) is 2. The van der Waals surface area contributed by atoms with E-state index >= 15 is 0 Å². The van der Waals surface area contributed by atoms with Crippen molar-refractivity contribution in [1.82, 2.24) is 14.9 Å². The fourth-order valence-electron chi connectivity index (χ4n) is 3.20. The molecule has 1 aromatic carbocycles. The maximum Gasteiger partial charge on any atom is 0.270 e. The number of carbonyl (C=O) groups excluding carboxylic acids is 1. The molecule has 0 spiro atoms. The molecule has 1 saturated heterocycles. The van der Waals surface area contributed by atoms with E-state index < -0.39 is 0 Å². The fourth-order valence-corrected chi connectivity index (χ4v) is 3.20. The molecule has 1 atom stereocenters. The minimum absolute atomic E-state index is 0.0595. The quantitative estimate of drug-likeness (QED) is 0.765. The van der Waals surface area contributed by atoms with Crippen LogP contribution in [0.2, 0.25) is 0 Å². The van der Waals surface area contributed by atoms with Gasteiger partial charge in [0.15, 0.2) is 0 Å². The Kier molecular flexibility index (Phi) is 4.62. The second kappa shape index (κ2) is 7.23. The lowest BCUT2D eigenvalue weighted by Gasteiger charge is -2.16. The molecule has 1 fully saturated rings. The number of hydrogen-bond acceptors (Lipinski definition) is 3. The Hall–Kier alpha value is -3.15. The van der Waals surface area contributed by atoms with Crippen molar-refractivity contribution in [2.24, 2.45) is 0 Å². The number of amides is 1. The van der Waals surface area contributed by atoms with Gasteiger partial charge in [-0.1, -0.05) is 18.2 Å². The van der Waals surface area contributed by atoms with Crippen molar-refractivity contribution in [2.45, 2.75) is 19.4 Å². The molecular formula is C21H20FN3O2. The Labute approximate surface area is 156 Å². The third kappa shape index (κ3) is 3.84. The van der Waals surface area contributed by atoms with Gasteiger partial charge < -0.3 is 14.6 Å². The first kappa shape index (κ1) is 17.3. The standard InChI is InChI=1S/C21H20FN3O2/c1-14-2-7-20(24-11-14)27-18-8-9-25(13-18)21(26)19-10-16(12-23-19)15-3-5-17(22)6-4-15/h2-7,10-12,18,23H,8-9,13H2,1H3. The van der Waals surface area contributed by atoms with Crippen LogP contribution < -0.4 is 4.74 Å². The molecule has 0 radical (unpaired) electrons. The van der Waals surface area contributed by atoms with Crippen molar-refractivity contribution >= 4 is 5.91 Å². The predicted molar refractivity (Wildman–Crippen MR) is 100 cm³/mol. The highest BCUT2D eigenvalue weighted by molar-refractivity contribution is 5.94. The average Bonchev–Trinajstić information content (AvgIpc) is 3.34. The molecule has 3 aromatic rings. The van der Waals surface area contributed by atoms with Crippen LogP contribution in [-0.4, -0.2) is 40.0 Å². The van der Waals surface area contributed by atoms with Crippen LogP contribution in [0.3, 0.4) is 0 Å². The molecular weight excluding hydrogens is 345 g/mol. The van der Waals surface area contributed by atoms with Gasteiger partial charge in [-0.3, -0.25) is 4.79 Å². The van der Waals surface area contributed by atoms with E-state index in [1.165, 1.54) is 12.1 Å². The zero-order chi connectivity index (χ0) is 18.8. The van der Waals surface area contributed by atoms with Crippen LogP contribution in [0.15, 0.2) is 54.9 Å². The molecule has 27 heavy (non-hydrogen) atoms. The average molecular weight is 365 g/mol. The number of pyridine rings is 1. The van der Waals surface area contributed by atoms with Crippen molar-refractivity contribution in [3.05, 3.63) is 71.9 Å². The summed E-state index contributed by atoms with van der Waals surface area (Å²) in [5.41, 5.74) is 3.31. The number of benzene rings is 1. The number of aromatic nitrogens is 2. The maximum absolute atomic E-state index is 13.1. The summed E-state index contributed by atoms with van der Waals surface area (Å²) in [5, 5.41) is 0. The van der Waals surface area contributed by atoms with Crippen molar-refractivity contribution in [3.63, 3.8) is 0 Å². The number of rotatable bonds is 4. The summed E-state index contributed by atoms with van der Waals surface area (Å²) in [5.74, 6) is 0.237. The number of likely N-dealkylation sites (tertiary alicyclic amines) is 1. The van der Waals surface area contributed by atoms with Crippen LogP contribution in [0.25, 0.3) is 11.1 Å². The first-order chi connectivity index (χ1) is 13.1. The number of aryl methyl sites for hydroxylation is 1. The molecule has 5 nitrogen and oxygen atoms in total. The van der Waals surface area contributed by atoms with Crippen LogP contribution in [-0.2, 0) is 0 Å². The molecule has 1 aliphatic rings. The van der Waals surface area contributed by atoms with Gasteiger partial charge in [0.2, 0.25) is 5.88 Å². The molecule has 3 heterocycles. The Morgan fingerprint density at radius 1 is 1.22 bits per heavy atom. The maximum atomic E-state index is 13.1. The fraction of sp³-hybridized carbons (Fsp3) is 0.238. The van der Waals surface area contributed by atoms with E-state index in [9.17, 15) is 9.18 Å². The molecule has 0 aliphatic carbocycles. The molecule has 138 valence electrons. The van der Waals surface area contributed by atoms with E-state index in [2.05, 4.69) is 9.97 Å². The largest absolute Gasteiger partial charge is 0.472 e. The molecule has 6 heteroatoms. The minimum atomic E-state index is -0.281. The highest BCUT2D eigenvalue weighted by Gasteiger charge is 2.29. The van der Waals surface area contributed by atoms with Gasteiger partial charge in [-0.05, 0) is 41.8 Å². The summed E-state index contributed by atoms with van der Waals surface area (Å²) in [6.45, 7) is 3.14. The molecule has 0 bridgehead atoms. The normalized spacial score (nSPS) is 16.5. The Morgan fingerprint density at radius 3 is 2.78 bits per heavy atom. The van der Waals surface area contributed by atoms with E-state index in [1.807, 2.05) is 19.1 Å². The monoisotopic (exact) mass is 365 g/mol. The molecule has 2 aromatic heterocycles. The predicted octanol–water partition coefficient (Wildman–Crippen LogP) is 3.82. The highest BCUT2D eigenvalue weighted by atomic mass is 19.1. The van der Waals surface area contributed by atoms with Crippen molar-refractivity contribution < 1.29 is 13.9 Å². The first-order valence-corrected chi connectivity index (χ1v) is 8.91. The smallest absolute Gasteiger partial charge is 0.270 e. The van der Waals surface area contributed by atoms with Crippen LogP contribution in [0.4, 0.5) is 4.39 Å². The zero-order valence-corrected chi connectivity index (χ0v) is 15.0. The van der Waals surface area contributed by atoms with Gasteiger partial charge in [0.1, 0.15) is 17.6 Å². The second-order valence-electron chi connectivity index (χ2n) is 6.76. The lowest BCUT2D eigenvalue weighted by Crippen LogP contribution is -2.31. The van der Waals surface area contributed by atoms with Gasteiger partial charge in [-0.15, -0.1) is 0 Å². The molecule has 1 N–H and O–H groups in total. The van der Waals surface area contributed by atoms with Crippen LogP contribution in [0.5, 0.6) is 5.88 Å². The number of hydrogen-bond donors (Lipinski definition) is 1. The summed E-state index contributed by atoms with van der Waals surface area (Å²) >= 11 is 0. The summed E-state index contributed by atoms with van der Waals surface area (Å²) in [6, 6.07) is 11.8. The van der Waals surface area contributed by atoms with Crippen LogP contribution in [0.1, 0.15) is 22.5 Å². The van der Waals surface area contributed by atoms with E-state index in [1.54, 1.807) is 35.5 Å². The summed E-state index contributed by atoms with van der Waals surface area (Å²) < 4.78 is 18.9. The van der Waals surface area contributed by atoms with E-state index in [4.69, 9.17) is 4.74 Å². The van der Waals surface area contributed by atoms with Gasteiger partial charge in [0.05, 0.1) is 6.54 Å². The lowest BCUT2D eigenvalue weighted by molar-refractivity contribution is 0.0766. The zero-order valence-electron chi connectivity index (χ0n) is 15.0. The third-order valence-electron chi connectivity index (χ3n) is 4.69. The second-order valence-corrected chi connectivity index (χ2v) is 6.76. The van der Waals surface area contributed by atoms with E-state index in [-0.39, 0.29) is 17.8 Å². The van der Waals surface area contributed by atoms with Gasteiger partial charge in [0.25, 0.3) is 5.91 Å². The number of H-pyrrole nitrogens is 1. The van der Waals surface area contributed by atoms with Gasteiger partial charge in [-0.2, -0.15) is 0 Å². The third-order valence-corrected chi connectivity index (χ3v) is 4.69. The number of halogens is 1. The highest BCUT2D eigenvalue weighted by Crippen LogP contribution is 2.23. The Balaban J connectivity index is 1.40. The van der Waals surface area contributed by atoms with Crippen molar-refractivity contribution in [1.29, 1.82) is 0 Å². The number of carbonyl (C=O) groups is 1. The molecule has 1 amide bonds. The Bertz CT molecular complexity index is 935. The summed E-state index contributed by atoms with van der Waals surface area (Å²) in [6.07, 6.45) is 4.24. The summed E-state index contributed by atoms with van der Waals surface area (Å²) in [7, 11) is 0. The van der Waals surface area contributed by atoms with Crippen molar-refractivity contribution in [2.75, 3.05) is 13.1 Å². The van der Waals surface area contributed by atoms with Crippen LogP contribution in [0, 0.1) is 12.7 Å². The number of ether oxygens (including phenoxy) is 1. The SMILES string of the molecule is Cc1ccc(OC2CCN(C(=O)c3cc(-c4ccc(F)cc4)c[nH]3)C2)nc1. The van der Waals surface area contributed by atoms with Crippen molar-refractivity contribution in [3.8, 4) is 17.0 Å². The molecule has 4 rings (SSSR count). The van der Waals surface area contributed by atoms with Crippen LogP contribution >= 0.6 is 0 Å². The number of aromatic amines is 1. The van der Waals surface area contributed by atoms with Gasteiger partial charge >= 0.3 is 0 Å². The molecule has 0 saturated carbocycles. The van der Waals surface area contributed by atoms with E-state index in [0.717, 1.165) is 23.1 Å². The topological polar surface area (TPSA) is 58.2 Å². The minimum Gasteiger partial charge on any atom is -0.472 e.